The first-order valence-electron chi connectivity index (χ1n) is 6.96. The van der Waals surface area contributed by atoms with Crippen LogP contribution in [-0.4, -0.2) is 21.1 Å². The highest BCUT2D eigenvalue weighted by Gasteiger charge is 2.08. The zero-order chi connectivity index (χ0) is 17.7. The van der Waals surface area contributed by atoms with Gasteiger partial charge < -0.3 is 10.2 Å². The van der Waals surface area contributed by atoms with Gasteiger partial charge in [0, 0.05) is 17.8 Å². The van der Waals surface area contributed by atoms with Gasteiger partial charge in [-0.1, -0.05) is 19.4 Å². The van der Waals surface area contributed by atoms with E-state index in [0.29, 0.717) is 18.2 Å². The number of nitro benzene ring substituents is 1. The van der Waals surface area contributed by atoms with Gasteiger partial charge >= 0.3 is 0 Å². The molecule has 126 valence electrons. The molecule has 1 aromatic heterocycles. The van der Waals surface area contributed by atoms with Crippen LogP contribution in [0.5, 0.6) is 11.5 Å². The zero-order valence-corrected chi connectivity index (χ0v) is 12.6. The molecule has 1 aromatic carbocycles. The second-order valence-corrected chi connectivity index (χ2v) is 4.82. The third-order valence-electron chi connectivity index (χ3n) is 2.96. The Kier molecular flexibility index (Phi) is 5.09. The van der Waals surface area contributed by atoms with Crippen LogP contribution in [0, 0.1) is 10.1 Å². The largest absolute Gasteiger partial charge is 0.872 e. The number of aromatic nitrogens is 2. The highest BCUT2D eigenvalue weighted by Crippen LogP contribution is 2.28. The molecular formula is C14H13N5O5-2. The van der Waals surface area contributed by atoms with Crippen molar-refractivity contribution >= 4 is 17.9 Å². The quantitative estimate of drug-likeness (QED) is 0.435. The number of hydrogen-bond acceptors (Lipinski definition) is 8. The molecule has 0 unspecified atom stereocenters. The van der Waals surface area contributed by atoms with E-state index in [1.165, 1.54) is 6.07 Å². The summed E-state index contributed by atoms with van der Waals surface area (Å²) >= 11 is 0. The number of hydrazone groups is 1. The number of nitrogens with zero attached hydrogens (tertiary/aromatic N) is 3. The minimum absolute atomic E-state index is 0.0737. The predicted octanol–water partition coefficient (Wildman–Crippen LogP) is 0.224. The Bertz CT molecular complexity index is 846. The molecular weight excluding hydrogens is 318 g/mol. The topological polar surface area (TPSA) is 159 Å². The van der Waals surface area contributed by atoms with Crippen molar-refractivity contribution in [3.8, 4) is 11.5 Å². The maximum absolute atomic E-state index is 11.6. The van der Waals surface area contributed by atoms with Crippen molar-refractivity contribution in [2.24, 2.45) is 5.10 Å². The number of anilines is 1. The average Bonchev–Trinajstić information content (AvgIpc) is 2.49. The number of aromatic amines is 1. The third kappa shape index (κ3) is 4.06. The van der Waals surface area contributed by atoms with E-state index in [-0.39, 0.29) is 17.1 Å². The van der Waals surface area contributed by atoms with Crippen molar-refractivity contribution in [2.45, 2.75) is 19.8 Å². The highest BCUT2D eigenvalue weighted by atomic mass is 16.6. The van der Waals surface area contributed by atoms with Gasteiger partial charge in [-0.2, -0.15) is 5.10 Å². The average molecular weight is 331 g/mol. The Labute approximate surface area is 135 Å². The molecule has 0 saturated carbocycles. The lowest BCUT2D eigenvalue weighted by Crippen LogP contribution is -2.12. The minimum atomic E-state index is -0.964. The Morgan fingerprint density at radius 1 is 1.33 bits per heavy atom. The van der Waals surface area contributed by atoms with Crippen molar-refractivity contribution in [1.82, 2.24) is 9.97 Å². The number of nitro groups is 1. The van der Waals surface area contributed by atoms with Crippen LogP contribution in [0.2, 0.25) is 0 Å². The number of hydrogen-bond donors (Lipinski definition) is 2. The molecule has 2 aromatic rings. The van der Waals surface area contributed by atoms with Gasteiger partial charge in [0.25, 0.3) is 11.2 Å². The molecule has 1 heterocycles. The van der Waals surface area contributed by atoms with Crippen molar-refractivity contribution in [2.75, 3.05) is 5.43 Å². The molecule has 0 spiro atoms. The number of rotatable bonds is 6. The lowest BCUT2D eigenvalue weighted by Gasteiger charge is -2.15. The summed E-state index contributed by atoms with van der Waals surface area (Å²) in [6.07, 6.45) is 2.44. The summed E-state index contributed by atoms with van der Waals surface area (Å²) in [6.45, 7) is 1.94. The molecule has 0 aliphatic carbocycles. The van der Waals surface area contributed by atoms with E-state index in [9.17, 15) is 25.1 Å². The van der Waals surface area contributed by atoms with E-state index in [1.807, 2.05) is 6.92 Å². The minimum Gasteiger partial charge on any atom is -0.872 e. The van der Waals surface area contributed by atoms with Gasteiger partial charge in [0.15, 0.2) is 0 Å². The van der Waals surface area contributed by atoms with E-state index in [0.717, 1.165) is 18.7 Å². The van der Waals surface area contributed by atoms with E-state index in [2.05, 4.69) is 20.5 Å². The number of nitrogens with one attached hydrogen (secondary N) is 2. The van der Waals surface area contributed by atoms with Crippen molar-refractivity contribution in [3.63, 3.8) is 0 Å². The number of benzene rings is 1. The second-order valence-electron chi connectivity index (χ2n) is 4.82. The fourth-order valence-electron chi connectivity index (χ4n) is 1.92. The van der Waals surface area contributed by atoms with Gasteiger partial charge in [-0.25, -0.2) is 10.4 Å². The molecule has 0 fully saturated rings. The van der Waals surface area contributed by atoms with Gasteiger partial charge in [0.05, 0.1) is 11.1 Å². The molecule has 0 aliphatic rings. The standard InChI is InChI=1S/C14H15N5O5/c1-2-3-9-5-13(22)17-14(16-9)18-15-7-8-4-10(19(23)24)12(21)6-11(8)20/h4-7,20-21H,2-3H2,1H3,(H2,16,17,18,22)/p-2/b15-7+. The molecule has 24 heavy (non-hydrogen) atoms. The molecule has 0 aliphatic heterocycles. The van der Waals surface area contributed by atoms with Crippen LogP contribution < -0.4 is 21.2 Å². The van der Waals surface area contributed by atoms with Crippen molar-refractivity contribution in [3.05, 3.63) is 49.9 Å². The normalized spacial score (nSPS) is 10.9. The molecule has 10 heteroatoms. The van der Waals surface area contributed by atoms with Crippen LogP contribution in [-0.2, 0) is 6.42 Å². The van der Waals surface area contributed by atoms with Crippen molar-refractivity contribution in [1.29, 1.82) is 0 Å². The Hall–Kier alpha value is -3.43. The number of H-pyrrole nitrogens is 1. The van der Waals surface area contributed by atoms with Gasteiger partial charge in [-0.3, -0.25) is 19.9 Å². The highest BCUT2D eigenvalue weighted by molar-refractivity contribution is 5.85. The summed E-state index contributed by atoms with van der Waals surface area (Å²) in [4.78, 5) is 27.9. The van der Waals surface area contributed by atoms with E-state index < -0.39 is 22.1 Å². The van der Waals surface area contributed by atoms with Crippen LogP contribution in [0.4, 0.5) is 11.6 Å². The SMILES string of the molecule is CCCc1cc(=O)[nH]c(N/N=C/c2cc([N+](=O)[O-])c([O-])cc2[O-])n1. The molecule has 0 bridgehead atoms. The summed E-state index contributed by atoms with van der Waals surface area (Å²) in [5.74, 6) is -1.59. The van der Waals surface area contributed by atoms with Crippen molar-refractivity contribution < 1.29 is 15.1 Å². The summed E-state index contributed by atoms with van der Waals surface area (Å²) in [7, 11) is 0. The molecule has 10 nitrogen and oxygen atoms in total. The van der Waals surface area contributed by atoms with Gasteiger partial charge in [-0.15, -0.1) is 5.75 Å². The van der Waals surface area contributed by atoms with Crippen LogP contribution in [0.3, 0.4) is 0 Å². The molecule has 0 radical (unpaired) electrons. The summed E-state index contributed by atoms with van der Waals surface area (Å²) < 4.78 is 0. The maximum atomic E-state index is 11.6. The van der Waals surface area contributed by atoms with Crippen LogP contribution in [0.25, 0.3) is 0 Å². The second kappa shape index (κ2) is 7.22. The molecule has 0 saturated heterocycles. The maximum Gasteiger partial charge on any atom is 0.262 e. The Morgan fingerprint density at radius 2 is 2.08 bits per heavy atom. The smallest absolute Gasteiger partial charge is 0.262 e. The molecule has 2 rings (SSSR count). The van der Waals surface area contributed by atoms with E-state index in [1.54, 1.807) is 0 Å². The monoisotopic (exact) mass is 331 g/mol. The molecule has 0 atom stereocenters. The number of aryl methyl sites for hydroxylation is 1. The molecule has 2 N–H and O–H groups in total. The lowest BCUT2D eigenvalue weighted by molar-refractivity contribution is -0.398. The zero-order valence-electron chi connectivity index (χ0n) is 12.6. The van der Waals surface area contributed by atoms with Gasteiger partial charge in [0.1, 0.15) is 0 Å². The van der Waals surface area contributed by atoms with Gasteiger partial charge in [0.2, 0.25) is 5.95 Å². The Balaban J connectivity index is 2.22. The van der Waals surface area contributed by atoms with Gasteiger partial charge in [-0.05, 0) is 17.7 Å². The first-order valence-corrected chi connectivity index (χ1v) is 6.96. The predicted molar refractivity (Wildman–Crippen MR) is 82.1 cm³/mol. The van der Waals surface area contributed by atoms with E-state index >= 15 is 0 Å². The van der Waals surface area contributed by atoms with Crippen LogP contribution in [0.15, 0.2) is 28.1 Å². The fraction of sp³-hybridized carbons (Fsp3) is 0.214. The first-order chi connectivity index (χ1) is 11.4. The molecule has 0 amide bonds. The van der Waals surface area contributed by atoms with Crippen LogP contribution in [0.1, 0.15) is 24.6 Å². The summed E-state index contributed by atoms with van der Waals surface area (Å²) in [5.41, 5.74) is 1.81. The third-order valence-corrected chi connectivity index (χ3v) is 2.96. The van der Waals surface area contributed by atoms with Crippen LogP contribution >= 0.6 is 0 Å². The fourth-order valence-corrected chi connectivity index (χ4v) is 1.92. The van der Waals surface area contributed by atoms with E-state index in [4.69, 9.17) is 0 Å². The summed E-state index contributed by atoms with van der Waals surface area (Å²) in [5, 5.41) is 37.4. The summed E-state index contributed by atoms with van der Waals surface area (Å²) in [6, 6.07) is 2.84. The first kappa shape index (κ1) is 16.9. The Morgan fingerprint density at radius 3 is 2.75 bits per heavy atom. The lowest BCUT2D eigenvalue weighted by atomic mass is 10.2.